The predicted molar refractivity (Wildman–Crippen MR) is 91.9 cm³/mol. The fourth-order valence-electron chi connectivity index (χ4n) is 2.32. The molecule has 1 amide bonds. The van der Waals surface area contributed by atoms with Gasteiger partial charge in [-0.05, 0) is 30.2 Å². The SMILES string of the molecule is C[C@@H](O)CNS(=O)(=O)c1ccc(C(O)(C(N)=O)c2ccccc2)cc1. The number of nitrogens with one attached hydrogen (secondary N) is 1. The number of carbonyl (C=O) groups is 1. The van der Waals surface area contributed by atoms with E-state index in [9.17, 15) is 23.4 Å². The van der Waals surface area contributed by atoms with Crippen LogP contribution in [0.3, 0.4) is 0 Å². The van der Waals surface area contributed by atoms with Gasteiger partial charge in [-0.15, -0.1) is 0 Å². The molecule has 0 bridgehead atoms. The molecular weight excluding hydrogens is 344 g/mol. The van der Waals surface area contributed by atoms with Crippen molar-refractivity contribution in [3.05, 3.63) is 65.7 Å². The Balaban J connectivity index is 2.39. The second-order valence-corrected chi connectivity index (χ2v) is 7.43. The molecule has 0 saturated heterocycles. The highest BCUT2D eigenvalue weighted by atomic mass is 32.2. The van der Waals surface area contributed by atoms with E-state index < -0.39 is 27.6 Å². The summed E-state index contributed by atoms with van der Waals surface area (Å²) in [5, 5.41) is 20.0. The molecule has 0 heterocycles. The first-order valence-corrected chi connectivity index (χ1v) is 9.02. The zero-order chi connectivity index (χ0) is 18.7. The van der Waals surface area contributed by atoms with Gasteiger partial charge in [-0.25, -0.2) is 13.1 Å². The van der Waals surface area contributed by atoms with Gasteiger partial charge >= 0.3 is 0 Å². The van der Waals surface area contributed by atoms with Crippen LogP contribution in [0.5, 0.6) is 0 Å². The number of carbonyl (C=O) groups excluding carboxylic acids is 1. The summed E-state index contributed by atoms with van der Waals surface area (Å²) in [4.78, 5) is 11.8. The molecule has 0 spiro atoms. The average Bonchev–Trinajstić information content (AvgIpc) is 2.60. The summed E-state index contributed by atoms with van der Waals surface area (Å²) in [5.41, 5.74) is 3.76. The number of hydrogen-bond donors (Lipinski definition) is 4. The lowest BCUT2D eigenvalue weighted by Gasteiger charge is -2.25. The zero-order valence-corrected chi connectivity index (χ0v) is 14.4. The van der Waals surface area contributed by atoms with Crippen LogP contribution in [0.15, 0.2) is 59.5 Å². The van der Waals surface area contributed by atoms with Crippen molar-refractivity contribution in [3.63, 3.8) is 0 Å². The molecule has 25 heavy (non-hydrogen) atoms. The number of primary amides is 1. The Morgan fingerprint density at radius 3 is 2.12 bits per heavy atom. The number of sulfonamides is 1. The Morgan fingerprint density at radius 1 is 1.12 bits per heavy atom. The van der Waals surface area contributed by atoms with Gasteiger partial charge in [0, 0.05) is 6.54 Å². The maximum atomic E-state index is 12.1. The topological polar surface area (TPSA) is 130 Å². The van der Waals surface area contributed by atoms with Crippen LogP contribution in [0.4, 0.5) is 0 Å². The Hall–Kier alpha value is -2.26. The minimum Gasteiger partial charge on any atom is -0.392 e. The molecule has 2 aromatic rings. The molecule has 0 aromatic heterocycles. The molecule has 0 aliphatic heterocycles. The summed E-state index contributed by atoms with van der Waals surface area (Å²) in [6, 6.07) is 13.3. The molecule has 2 rings (SSSR count). The third-order valence-corrected chi connectivity index (χ3v) is 5.14. The highest BCUT2D eigenvalue weighted by molar-refractivity contribution is 7.89. The molecule has 2 atom stereocenters. The minimum atomic E-state index is -3.81. The standard InChI is InChI=1S/C17H20N2O5S/c1-12(20)11-19-25(23,24)15-9-7-14(8-10-15)17(22,16(18)21)13-5-3-2-4-6-13/h2-10,12,19-20,22H,11H2,1H3,(H2,18,21)/t12-,17?/m1/s1. The normalized spacial score (nSPS) is 15.3. The second-order valence-electron chi connectivity index (χ2n) is 5.67. The number of aliphatic hydroxyl groups is 2. The Kier molecular flexibility index (Phi) is 5.58. The predicted octanol–water partition coefficient (Wildman–Crippen LogP) is 0.0669. The molecule has 0 aliphatic carbocycles. The van der Waals surface area contributed by atoms with Gasteiger partial charge < -0.3 is 15.9 Å². The van der Waals surface area contributed by atoms with E-state index in [1.165, 1.54) is 31.2 Å². The molecule has 5 N–H and O–H groups in total. The van der Waals surface area contributed by atoms with Crippen LogP contribution in [-0.2, 0) is 20.4 Å². The van der Waals surface area contributed by atoms with E-state index in [2.05, 4.69) is 4.72 Å². The summed E-state index contributed by atoms with van der Waals surface area (Å²) in [7, 11) is -3.81. The molecule has 7 nitrogen and oxygen atoms in total. The van der Waals surface area contributed by atoms with Gasteiger partial charge in [-0.3, -0.25) is 4.79 Å². The molecule has 0 fully saturated rings. The summed E-state index contributed by atoms with van der Waals surface area (Å²) in [6.07, 6.45) is -0.827. The first-order chi connectivity index (χ1) is 11.7. The lowest BCUT2D eigenvalue weighted by atomic mass is 9.86. The molecule has 2 aromatic carbocycles. The van der Waals surface area contributed by atoms with Crippen molar-refractivity contribution in [2.24, 2.45) is 5.73 Å². The fourth-order valence-corrected chi connectivity index (χ4v) is 3.44. The average molecular weight is 364 g/mol. The van der Waals surface area contributed by atoms with E-state index in [-0.39, 0.29) is 22.6 Å². The van der Waals surface area contributed by atoms with Crippen molar-refractivity contribution in [2.45, 2.75) is 23.5 Å². The smallest absolute Gasteiger partial charge is 0.258 e. The molecule has 1 unspecified atom stereocenters. The number of hydrogen-bond acceptors (Lipinski definition) is 5. The van der Waals surface area contributed by atoms with Crippen molar-refractivity contribution in [2.75, 3.05) is 6.54 Å². The molecular formula is C17H20N2O5S. The van der Waals surface area contributed by atoms with Gasteiger partial charge in [0.25, 0.3) is 5.91 Å². The molecule has 134 valence electrons. The quantitative estimate of drug-likeness (QED) is 0.552. The van der Waals surface area contributed by atoms with Crippen LogP contribution in [-0.4, -0.2) is 37.2 Å². The van der Waals surface area contributed by atoms with Gasteiger partial charge in [0.15, 0.2) is 5.60 Å². The van der Waals surface area contributed by atoms with Crippen molar-refractivity contribution in [1.82, 2.24) is 4.72 Å². The summed E-state index contributed by atoms with van der Waals surface area (Å²) < 4.78 is 26.5. The van der Waals surface area contributed by atoms with Crippen molar-refractivity contribution < 1.29 is 23.4 Å². The second kappa shape index (κ2) is 7.32. The Bertz CT molecular complexity index is 835. The lowest BCUT2D eigenvalue weighted by Crippen LogP contribution is -2.42. The largest absolute Gasteiger partial charge is 0.392 e. The number of amides is 1. The summed E-state index contributed by atoms with van der Waals surface area (Å²) in [5.74, 6) is -0.971. The molecule has 0 radical (unpaired) electrons. The van der Waals surface area contributed by atoms with Gasteiger partial charge in [0.2, 0.25) is 10.0 Å². The third kappa shape index (κ3) is 4.05. The first-order valence-electron chi connectivity index (χ1n) is 7.54. The van der Waals surface area contributed by atoms with Crippen molar-refractivity contribution >= 4 is 15.9 Å². The van der Waals surface area contributed by atoms with Crippen LogP contribution >= 0.6 is 0 Å². The number of aliphatic hydroxyl groups excluding tert-OH is 1. The van der Waals surface area contributed by atoms with E-state index in [1.807, 2.05) is 0 Å². The Labute approximate surface area is 146 Å². The van der Waals surface area contributed by atoms with E-state index in [1.54, 1.807) is 30.3 Å². The fraction of sp³-hybridized carbons (Fsp3) is 0.235. The number of rotatable bonds is 7. The van der Waals surface area contributed by atoms with Crippen LogP contribution < -0.4 is 10.5 Å². The minimum absolute atomic E-state index is 0.0585. The highest BCUT2D eigenvalue weighted by Gasteiger charge is 2.38. The van der Waals surface area contributed by atoms with Crippen molar-refractivity contribution in [1.29, 1.82) is 0 Å². The van der Waals surface area contributed by atoms with E-state index >= 15 is 0 Å². The first kappa shape index (κ1) is 19.1. The van der Waals surface area contributed by atoms with Crippen LogP contribution in [0, 0.1) is 0 Å². The molecule has 8 heteroatoms. The van der Waals surface area contributed by atoms with Crippen LogP contribution in [0.2, 0.25) is 0 Å². The van der Waals surface area contributed by atoms with Gasteiger partial charge in [0.1, 0.15) is 0 Å². The van der Waals surface area contributed by atoms with Gasteiger partial charge in [0.05, 0.1) is 11.0 Å². The monoisotopic (exact) mass is 364 g/mol. The zero-order valence-electron chi connectivity index (χ0n) is 13.6. The number of benzene rings is 2. The van der Waals surface area contributed by atoms with E-state index in [0.717, 1.165) is 0 Å². The molecule has 0 aliphatic rings. The molecule has 0 saturated carbocycles. The Morgan fingerprint density at radius 2 is 1.64 bits per heavy atom. The third-order valence-electron chi connectivity index (χ3n) is 3.70. The number of nitrogens with two attached hydrogens (primary N) is 1. The summed E-state index contributed by atoms with van der Waals surface area (Å²) >= 11 is 0. The van der Waals surface area contributed by atoms with Crippen LogP contribution in [0.25, 0.3) is 0 Å². The van der Waals surface area contributed by atoms with Crippen LogP contribution in [0.1, 0.15) is 18.1 Å². The maximum absolute atomic E-state index is 12.1. The lowest BCUT2D eigenvalue weighted by molar-refractivity contribution is -0.133. The van der Waals surface area contributed by atoms with Crippen molar-refractivity contribution in [3.8, 4) is 0 Å². The van der Waals surface area contributed by atoms with Gasteiger partial charge in [-0.1, -0.05) is 42.5 Å². The van der Waals surface area contributed by atoms with E-state index in [0.29, 0.717) is 0 Å². The van der Waals surface area contributed by atoms with E-state index in [4.69, 9.17) is 5.73 Å². The maximum Gasteiger partial charge on any atom is 0.258 e. The van der Waals surface area contributed by atoms with Gasteiger partial charge in [-0.2, -0.15) is 0 Å². The summed E-state index contributed by atoms with van der Waals surface area (Å²) in [6.45, 7) is 1.33. The highest BCUT2D eigenvalue weighted by Crippen LogP contribution is 2.30.